The number of pyridine rings is 1. The first-order chi connectivity index (χ1) is 8.24. The fourth-order valence-electron chi connectivity index (χ4n) is 1.59. The maximum Gasteiger partial charge on any atom is 0.185 e. The molecule has 3 aromatic heterocycles. The average Bonchev–Trinajstić information content (AvgIpc) is 2.71. The first-order valence-corrected chi connectivity index (χ1v) is 5.20. The first-order valence-electron chi connectivity index (χ1n) is 4.82. The van der Waals surface area contributed by atoms with E-state index in [9.17, 15) is 0 Å². The number of nitrogens with two attached hydrogens (primary N) is 1. The normalized spacial score (nSPS) is 10.9. The molecular formula is C10H7ClN6. The third kappa shape index (κ3) is 1.68. The molecule has 0 aromatic carbocycles. The molecule has 0 saturated carbocycles. The van der Waals surface area contributed by atoms with Gasteiger partial charge in [0.15, 0.2) is 5.82 Å². The number of nitrogens with zero attached hydrogens (tertiary/aromatic N) is 4. The zero-order valence-electron chi connectivity index (χ0n) is 8.55. The fraction of sp³-hybridized carbons (Fsp3) is 0. The van der Waals surface area contributed by atoms with Gasteiger partial charge in [0, 0.05) is 23.3 Å². The lowest BCUT2D eigenvalue weighted by atomic mass is 10.2. The second-order valence-electron chi connectivity index (χ2n) is 3.46. The van der Waals surface area contributed by atoms with Gasteiger partial charge in [-0.3, -0.25) is 0 Å². The highest BCUT2D eigenvalue weighted by Crippen LogP contribution is 2.26. The smallest absolute Gasteiger partial charge is 0.185 e. The molecule has 3 aromatic rings. The second kappa shape index (κ2) is 3.67. The highest BCUT2D eigenvalue weighted by Gasteiger charge is 2.10. The largest absolute Gasteiger partial charge is 0.382 e. The van der Waals surface area contributed by atoms with Gasteiger partial charge in [0.05, 0.1) is 11.2 Å². The van der Waals surface area contributed by atoms with Gasteiger partial charge in [-0.15, -0.1) is 5.10 Å². The summed E-state index contributed by atoms with van der Waals surface area (Å²) in [6.07, 6.45) is 4.72. The van der Waals surface area contributed by atoms with Crippen LogP contribution in [0.25, 0.3) is 22.4 Å². The second-order valence-corrected chi connectivity index (χ2v) is 3.89. The Labute approximate surface area is 101 Å². The van der Waals surface area contributed by atoms with E-state index in [1.165, 1.54) is 6.20 Å². The molecular weight excluding hydrogens is 240 g/mol. The van der Waals surface area contributed by atoms with Crippen molar-refractivity contribution in [2.45, 2.75) is 0 Å². The molecule has 0 aliphatic carbocycles. The van der Waals surface area contributed by atoms with Crippen molar-refractivity contribution < 1.29 is 0 Å². The topological polar surface area (TPSA) is 93.4 Å². The number of aromatic amines is 1. The van der Waals surface area contributed by atoms with Crippen molar-refractivity contribution in [3.8, 4) is 11.4 Å². The summed E-state index contributed by atoms with van der Waals surface area (Å²) in [5.74, 6) is 0.764. The van der Waals surface area contributed by atoms with E-state index in [4.69, 9.17) is 17.3 Å². The predicted octanol–water partition coefficient (Wildman–Crippen LogP) is 1.65. The Balaban J connectivity index is 2.27. The SMILES string of the molecule is Nc1cnnc(-c2c[nH]c3ncc(Cl)cc23)n1. The van der Waals surface area contributed by atoms with Gasteiger partial charge in [0.2, 0.25) is 0 Å². The Bertz CT molecular complexity index is 692. The van der Waals surface area contributed by atoms with Gasteiger partial charge < -0.3 is 10.7 Å². The van der Waals surface area contributed by atoms with Crippen molar-refractivity contribution in [2.75, 3.05) is 5.73 Å². The van der Waals surface area contributed by atoms with E-state index >= 15 is 0 Å². The zero-order valence-corrected chi connectivity index (χ0v) is 9.31. The van der Waals surface area contributed by atoms with Crippen molar-refractivity contribution in [1.29, 1.82) is 0 Å². The van der Waals surface area contributed by atoms with Crippen LogP contribution in [0, 0.1) is 0 Å². The number of rotatable bonds is 1. The van der Waals surface area contributed by atoms with Gasteiger partial charge >= 0.3 is 0 Å². The molecule has 0 atom stereocenters. The van der Waals surface area contributed by atoms with Crippen LogP contribution in [-0.2, 0) is 0 Å². The van der Waals surface area contributed by atoms with Crippen molar-refractivity contribution in [2.24, 2.45) is 0 Å². The summed E-state index contributed by atoms with van der Waals surface area (Å²) in [6.45, 7) is 0. The number of hydrogen-bond donors (Lipinski definition) is 2. The van der Waals surface area contributed by atoms with Crippen LogP contribution in [-0.4, -0.2) is 25.1 Å². The third-order valence-electron chi connectivity index (χ3n) is 2.32. The maximum atomic E-state index is 5.91. The summed E-state index contributed by atoms with van der Waals surface area (Å²) in [4.78, 5) is 11.3. The standard InChI is InChI=1S/C10H7ClN6/c11-5-1-6-7(3-14-9(6)13-2-5)10-16-8(12)4-15-17-10/h1-4H,(H,13,14)(H2,12,16,17). The van der Waals surface area contributed by atoms with Crippen LogP contribution >= 0.6 is 11.6 Å². The molecule has 0 aliphatic rings. The minimum atomic E-state index is 0.319. The van der Waals surface area contributed by atoms with Crippen LogP contribution in [0.1, 0.15) is 0 Å². The Morgan fingerprint density at radius 2 is 2.18 bits per heavy atom. The Morgan fingerprint density at radius 1 is 1.29 bits per heavy atom. The van der Waals surface area contributed by atoms with Crippen LogP contribution in [0.4, 0.5) is 5.82 Å². The van der Waals surface area contributed by atoms with E-state index in [0.29, 0.717) is 16.7 Å². The monoisotopic (exact) mass is 246 g/mol. The van der Waals surface area contributed by atoms with Crippen LogP contribution in [0.15, 0.2) is 24.7 Å². The van der Waals surface area contributed by atoms with Crippen LogP contribution < -0.4 is 5.73 Å². The molecule has 3 heterocycles. The van der Waals surface area contributed by atoms with Crippen LogP contribution in [0.3, 0.4) is 0 Å². The van der Waals surface area contributed by atoms with Crippen molar-refractivity contribution in [3.63, 3.8) is 0 Å². The molecule has 0 fully saturated rings. The zero-order chi connectivity index (χ0) is 11.8. The van der Waals surface area contributed by atoms with Crippen molar-refractivity contribution in [1.82, 2.24) is 25.1 Å². The van der Waals surface area contributed by atoms with E-state index in [1.54, 1.807) is 18.5 Å². The molecule has 0 bridgehead atoms. The molecule has 0 aliphatic heterocycles. The van der Waals surface area contributed by atoms with Crippen molar-refractivity contribution >= 4 is 28.5 Å². The molecule has 0 amide bonds. The molecule has 6 nitrogen and oxygen atoms in total. The van der Waals surface area contributed by atoms with Gasteiger partial charge in [-0.25, -0.2) is 9.97 Å². The van der Waals surface area contributed by atoms with E-state index in [1.807, 2.05) is 0 Å². The van der Waals surface area contributed by atoms with Crippen LogP contribution in [0.2, 0.25) is 5.02 Å². The maximum absolute atomic E-state index is 5.91. The van der Waals surface area contributed by atoms with E-state index in [0.717, 1.165) is 16.6 Å². The summed E-state index contributed by atoms with van der Waals surface area (Å²) < 4.78 is 0. The molecule has 0 radical (unpaired) electrons. The van der Waals surface area contributed by atoms with Crippen LogP contribution in [0.5, 0.6) is 0 Å². The number of H-pyrrole nitrogens is 1. The molecule has 0 spiro atoms. The molecule has 3 rings (SSSR count). The van der Waals surface area contributed by atoms with Gasteiger partial charge in [-0.2, -0.15) is 5.10 Å². The van der Waals surface area contributed by atoms with E-state index in [2.05, 4.69) is 25.1 Å². The number of nitrogen functional groups attached to an aromatic ring is 1. The quantitative estimate of drug-likeness (QED) is 0.681. The number of nitrogens with one attached hydrogen (secondary N) is 1. The summed E-state index contributed by atoms with van der Waals surface area (Å²) in [6, 6.07) is 1.79. The van der Waals surface area contributed by atoms with Gasteiger partial charge in [0.1, 0.15) is 11.5 Å². The summed E-state index contributed by atoms with van der Waals surface area (Å²) in [7, 11) is 0. The molecule has 0 unspecified atom stereocenters. The number of aromatic nitrogens is 5. The Kier molecular flexibility index (Phi) is 2.15. The fourth-order valence-corrected chi connectivity index (χ4v) is 1.75. The lowest BCUT2D eigenvalue weighted by Gasteiger charge is -1.97. The molecule has 0 saturated heterocycles. The van der Waals surface area contributed by atoms with Gasteiger partial charge in [0.25, 0.3) is 0 Å². The summed E-state index contributed by atoms with van der Waals surface area (Å²) in [5.41, 5.74) is 7.06. The number of hydrogen-bond acceptors (Lipinski definition) is 5. The number of fused-ring (bicyclic) bond motifs is 1. The highest BCUT2D eigenvalue weighted by atomic mass is 35.5. The summed E-state index contributed by atoms with van der Waals surface area (Å²) >= 11 is 5.91. The minimum absolute atomic E-state index is 0.319. The Hall–Kier alpha value is -2.21. The summed E-state index contributed by atoms with van der Waals surface area (Å²) in [5, 5.41) is 9.08. The van der Waals surface area contributed by atoms with Gasteiger partial charge in [-0.1, -0.05) is 11.6 Å². The molecule has 17 heavy (non-hydrogen) atoms. The van der Waals surface area contributed by atoms with Gasteiger partial charge in [-0.05, 0) is 6.07 Å². The lowest BCUT2D eigenvalue weighted by Crippen LogP contribution is -1.96. The first kappa shape index (κ1) is 9.98. The van der Waals surface area contributed by atoms with E-state index < -0.39 is 0 Å². The molecule has 84 valence electrons. The predicted molar refractivity (Wildman–Crippen MR) is 64.3 cm³/mol. The molecule has 3 N–H and O–H groups in total. The third-order valence-corrected chi connectivity index (χ3v) is 2.52. The minimum Gasteiger partial charge on any atom is -0.382 e. The van der Waals surface area contributed by atoms with E-state index in [-0.39, 0.29) is 0 Å². The number of halogens is 1. The average molecular weight is 247 g/mol. The lowest BCUT2D eigenvalue weighted by molar-refractivity contribution is 0.988. The Morgan fingerprint density at radius 3 is 3.00 bits per heavy atom. The highest BCUT2D eigenvalue weighted by molar-refractivity contribution is 6.31. The number of anilines is 1. The molecule has 7 heteroatoms. The van der Waals surface area contributed by atoms with Crippen molar-refractivity contribution in [3.05, 3.63) is 29.7 Å².